The quantitative estimate of drug-likeness (QED) is 0.329. The lowest BCUT2D eigenvalue weighted by Gasteiger charge is -2.00. The van der Waals surface area contributed by atoms with Gasteiger partial charge in [-0.3, -0.25) is 0 Å². The van der Waals surface area contributed by atoms with Crippen LogP contribution < -0.4 is 11.5 Å². The summed E-state index contributed by atoms with van der Waals surface area (Å²) in [6.45, 7) is 0.816. The number of hydrogen-bond donors (Lipinski definition) is 2. The molecular formula is C6H15IN2. The predicted octanol–water partition coefficient (Wildman–Crippen LogP) is 1.23. The molecule has 0 aliphatic carbocycles. The lowest BCUT2D eigenvalue weighted by atomic mass is 10.2. The topological polar surface area (TPSA) is 52.0 Å². The van der Waals surface area contributed by atoms with Gasteiger partial charge in [-0.1, -0.05) is 35.4 Å². The van der Waals surface area contributed by atoms with E-state index in [2.05, 4.69) is 22.6 Å². The summed E-state index contributed by atoms with van der Waals surface area (Å²) < 4.78 is 0.334. The van der Waals surface area contributed by atoms with Crippen LogP contribution >= 0.6 is 22.6 Å². The first kappa shape index (κ1) is 9.65. The Balaban J connectivity index is 2.75. The van der Waals surface area contributed by atoms with E-state index in [-0.39, 0.29) is 0 Å². The highest BCUT2D eigenvalue weighted by Crippen LogP contribution is 2.05. The summed E-state index contributed by atoms with van der Waals surface area (Å²) in [6, 6.07) is 0. The third-order valence-corrected chi connectivity index (χ3v) is 1.81. The number of alkyl halides is 1. The second-order valence-corrected chi connectivity index (χ2v) is 3.75. The first-order chi connectivity index (χ1) is 4.27. The molecule has 0 aromatic carbocycles. The third kappa shape index (κ3) is 8.65. The van der Waals surface area contributed by atoms with E-state index >= 15 is 0 Å². The third-order valence-electron chi connectivity index (χ3n) is 1.18. The maximum absolute atomic E-state index is 5.53. The highest BCUT2D eigenvalue weighted by molar-refractivity contribution is 14.1. The van der Waals surface area contributed by atoms with Crippen LogP contribution in [0.25, 0.3) is 0 Å². The highest BCUT2D eigenvalue weighted by Gasteiger charge is 1.93. The van der Waals surface area contributed by atoms with Gasteiger partial charge in [-0.15, -0.1) is 0 Å². The van der Waals surface area contributed by atoms with Gasteiger partial charge in [0.2, 0.25) is 0 Å². The van der Waals surface area contributed by atoms with Crippen molar-refractivity contribution in [3.63, 3.8) is 0 Å². The molecule has 56 valence electrons. The molecular weight excluding hydrogens is 227 g/mol. The molecule has 0 rings (SSSR count). The summed E-state index contributed by atoms with van der Waals surface area (Å²) in [7, 11) is 0. The molecule has 0 bridgehead atoms. The lowest BCUT2D eigenvalue weighted by molar-refractivity contribution is 0.645. The average Bonchev–Trinajstić information content (AvgIpc) is 1.80. The van der Waals surface area contributed by atoms with Crippen LogP contribution in [-0.2, 0) is 0 Å². The molecule has 0 amide bonds. The van der Waals surface area contributed by atoms with Crippen LogP contribution in [0.4, 0.5) is 0 Å². The van der Waals surface area contributed by atoms with Crippen LogP contribution in [0, 0.1) is 0 Å². The molecule has 0 fully saturated rings. The van der Waals surface area contributed by atoms with Gasteiger partial charge in [0.15, 0.2) is 0 Å². The Morgan fingerprint density at radius 1 is 1.22 bits per heavy atom. The molecule has 4 N–H and O–H groups in total. The van der Waals surface area contributed by atoms with Gasteiger partial charge in [0.1, 0.15) is 0 Å². The van der Waals surface area contributed by atoms with Crippen molar-refractivity contribution in [3.05, 3.63) is 0 Å². The first-order valence-electron chi connectivity index (χ1n) is 3.37. The van der Waals surface area contributed by atoms with E-state index in [0.717, 1.165) is 19.4 Å². The van der Waals surface area contributed by atoms with Crippen LogP contribution in [0.2, 0.25) is 0 Å². The molecule has 0 saturated heterocycles. The van der Waals surface area contributed by atoms with E-state index in [4.69, 9.17) is 11.5 Å². The van der Waals surface area contributed by atoms with E-state index in [1.165, 1.54) is 12.8 Å². The maximum Gasteiger partial charge on any atom is 0.0568 e. The number of rotatable bonds is 5. The van der Waals surface area contributed by atoms with E-state index in [0.29, 0.717) is 4.05 Å². The molecule has 0 aromatic rings. The van der Waals surface area contributed by atoms with Crippen molar-refractivity contribution in [2.24, 2.45) is 11.5 Å². The fraction of sp³-hybridized carbons (Fsp3) is 1.00. The maximum atomic E-state index is 5.53. The second-order valence-electron chi connectivity index (χ2n) is 2.15. The summed E-state index contributed by atoms with van der Waals surface area (Å²) in [4.78, 5) is 0. The number of nitrogens with two attached hydrogens (primary N) is 2. The standard InChI is InChI=1S/C6H15IN2/c7-6(9)4-2-1-3-5-8/h6H,1-5,8-9H2. The Morgan fingerprint density at radius 2 is 1.89 bits per heavy atom. The molecule has 0 aliphatic heterocycles. The van der Waals surface area contributed by atoms with Gasteiger partial charge in [-0.05, 0) is 19.4 Å². The second kappa shape index (κ2) is 6.77. The van der Waals surface area contributed by atoms with Crippen LogP contribution in [0.1, 0.15) is 25.7 Å². The summed E-state index contributed by atoms with van der Waals surface area (Å²) in [6.07, 6.45) is 4.72. The molecule has 1 atom stereocenters. The van der Waals surface area contributed by atoms with Gasteiger partial charge in [0.25, 0.3) is 0 Å². The van der Waals surface area contributed by atoms with Crippen LogP contribution in [0.3, 0.4) is 0 Å². The number of halogens is 1. The Bertz CT molecular complexity index is 57.0. The summed E-state index contributed by atoms with van der Waals surface area (Å²) in [5.41, 5.74) is 10.8. The van der Waals surface area contributed by atoms with Gasteiger partial charge < -0.3 is 11.5 Å². The zero-order chi connectivity index (χ0) is 7.11. The van der Waals surface area contributed by atoms with Crippen molar-refractivity contribution in [3.8, 4) is 0 Å². The Kier molecular flexibility index (Phi) is 7.25. The molecule has 0 saturated carbocycles. The number of hydrogen-bond acceptors (Lipinski definition) is 2. The minimum Gasteiger partial charge on any atom is -0.330 e. The molecule has 0 aliphatic rings. The smallest absolute Gasteiger partial charge is 0.0568 e. The Hall–Kier alpha value is 0.650. The number of unbranched alkanes of at least 4 members (excludes halogenated alkanes) is 2. The molecule has 0 aromatic heterocycles. The normalized spacial score (nSPS) is 13.7. The Morgan fingerprint density at radius 3 is 2.33 bits per heavy atom. The minimum atomic E-state index is 0.334. The van der Waals surface area contributed by atoms with Gasteiger partial charge >= 0.3 is 0 Å². The highest BCUT2D eigenvalue weighted by atomic mass is 127. The summed E-state index contributed by atoms with van der Waals surface area (Å²) >= 11 is 2.24. The van der Waals surface area contributed by atoms with E-state index in [1.807, 2.05) is 0 Å². The molecule has 0 heterocycles. The van der Waals surface area contributed by atoms with E-state index in [1.54, 1.807) is 0 Å². The zero-order valence-corrected chi connectivity index (χ0v) is 7.80. The molecule has 2 nitrogen and oxygen atoms in total. The van der Waals surface area contributed by atoms with Crippen molar-refractivity contribution < 1.29 is 0 Å². The van der Waals surface area contributed by atoms with Gasteiger partial charge in [0.05, 0.1) is 4.05 Å². The van der Waals surface area contributed by atoms with Gasteiger partial charge in [-0.25, -0.2) is 0 Å². The molecule has 0 radical (unpaired) electrons. The SMILES string of the molecule is NCCCCCC(N)I. The average molecular weight is 242 g/mol. The van der Waals surface area contributed by atoms with Gasteiger partial charge in [-0.2, -0.15) is 0 Å². The fourth-order valence-electron chi connectivity index (χ4n) is 0.660. The zero-order valence-electron chi connectivity index (χ0n) is 5.65. The molecule has 3 heteroatoms. The minimum absolute atomic E-state index is 0.334. The van der Waals surface area contributed by atoms with Crippen molar-refractivity contribution in [2.75, 3.05) is 6.54 Å². The fourth-order valence-corrected chi connectivity index (χ4v) is 1.10. The van der Waals surface area contributed by atoms with Gasteiger partial charge in [0, 0.05) is 0 Å². The van der Waals surface area contributed by atoms with E-state index < -0.39 is 0 Å². The van der Waals surface area contributed by atoms with Crippen molar-refractivity contribution >= 4 is 22.6 Å². The summed E-state index contributed by atoms with van der Waals surface area (Å²) in [5, 5.41) is 0. The Labute approximate surface area is 70.5 Å². The molecule has 1 unspecified atom stereocenters. The monoisotopic (exact) mass is 242 g/mol. The molecule has 0 spiro atoms. The van der Waals surface area contributed by atoms with Crippen molar-refractivity contribution in [1.82, 2.24) is 0 Å². The van der Waals surface area contributed by atoms with Crippen molar-refractivity contribution in [1.29, 1.82) is 0 Å². The lowest BCUT2D eigenvalue weighted by Crippen LogP contribution is -2.10. The van der Waals surface area contributed by atoms with Crippen LogP contribution in [0.15, 0.2) is 0 Å². The largest absolute Gasteiger partial charge is 0.330 e. The van der Waals surface area contributed by atoms with Crippen LogP contribution in [-0.4, -0.2) is 10.6 Å². The van der Waals surface area contributed by atoms with Crippen molar-refractivity contribution in [2.45, 2.75) is 29.7 Å². The first-order valence-corrected chi connectivity index (χ1v) is 4.61. The molecule has 9 heavy (non-hydrogen) atoms. The summed E-state index contributed by atoms with van der Waals surface area (Å²) in [5.74, 6) is 0. The van der Waals surface area contributed by atoms with E-state index in [9.17, 15) is 0 Å². The predicted molar refractivity (Wildman–Crippen MR) is 49.5 cm³/mol. The van der Waals surface area contributed by atoms with Crippen LogP contribution in [0.5, 0.6) is 0 Å².